The van der Waals surface area contributed by atoms with Crippen molar-refractivity contribution in [2.24, 2.45) is 0 Å². The predicted octanol–water partition coefficient (Wildman–Crippen LogP) is 3.31. The summed E-state index contributed by atoms with van der Waals surface area (Å²) in [6.07, 6.45) is 7.94. The molecule has 0 saturated heterocycles. The molecule has 94 valence electrons. The zero-order valence-corrected chi connectivity index (χ0v) is 12.0. The Morgan fingerprint density at radius 3 is 2.62 bits per heavy atom. The Morgan fingerprint density at radius 1 is 1.31 bits per heavy atom. The molecule has 2 nitrogen and oxygen atoms in total. The first kappa shape index (κ1) is 14.3. The number of hydrogen-bond donors (Lipinski definition) is 0. The average molecular weight is 261 g/mol. The lowest BCUT2D eigenvalue weighted by atomic mass is 9.98. The molecule has 0 aromatic rings. The molecule has 0 amide bonds. The van der Waals surface area contributed by atoms with Crippen molar-refractivity contribution in [1.82, 2.24) is 4.90 Å². The maximum absolute atomic E-state index is 5.78. The normalized spacial score (nSPS) is 17.7. The van der Waals surface area contributed by atoms with E-state index in [2.05, 4.69) is 19.0 Å². The number of hydrogen-bond acceptors (Lipinski definition) is 4. The van der Waals surface area contributed by atoms with Crippen LogP contribution in [0.1, 0.15) is 38.5 Å². The van der Waals surface area contributed by atoms with E-state index in [1.54, 1.807) is 11.8 Å². The van der Waals surface area contributed by atoms with E-state index in [1.165, 1.54) is 38.5 Å². The van der Waals surface area contributed by atoms with Crippen molar-refractivity contribution in [3.8, 4) is 0 Å². The summed E-state index contributed by atoms with van der Waals surface area (Å²) in [7, 11) is 4.20. The lowest BCUT2D eigenvalue weighted by molar-refractivity contribution is 0.153. The Bertz CT molecular complexity index is 203. The van der Waals surface area contributed by atoms with Crippen LogP contribution in [0.3, 0.4) is 0 Å². The maximum atomic E-state index is 5.78. The maximum Gasteiger partial charge on any atom is 0.220 e. The summed E-state index contributed by atoms with van der Waals surface area (Å²) >= 11 is 6.94. The van der Waals surface area contributed by atoms with Crippen LogP contribution in [0.15, 0.2) is 0 Å². The zero-order chi connectivity index (χ0) is 11.8. The van der Waals surface area contributed by atoms with Gasteiger partial charge in [0.15, 0.2) is 0 Å². The molecule has 0 bridgehead atoms. The summed E-state index contributed by atoms with van der Waals surface area (Å²) < 4.78 is 6.53. The first-order chi connectivity index (χ1) is 7.68. The highest BCUT2D eigenvalue weighted by molar-refractivity contribution is 8.22. The molecule has 0 N–H and O–H groups in total. The van der Waals surface area contributed by atoms with Crippen LogP contribution in [0.2, 0.25) is 0 Å². The van der Waals surface area contributed by atoms with E-state index in [4.69, 9.17) is 17.0 Å². The molecule has 16 heavy (non-hydrogen) atoms. The topological polar surface area (TPSA) is 12.5 Å². The Morgan fingerprint density at radius 2 is 2.00 bits per heavy atom. The summed E-state index contributed by atoms with van der Waals surface area (Å²) in [5.41, 5.74) is 0. The fourth-order valence-electron chi connectivity index (χ4n) is 1.89. The molecular formula is C12H23NOS2. The average Bonchev–Trinajstić information content (AvgIpc) is 2.25. The van der Waals surface area contributed by atoms with Crippen molar-refractivity contribution in [2.45, 2.75) is 44.6 Å². The van der Waals surface area contributed by atoms with Gasteiger partial charge in [-0.3, -0.25) is 0 Å². The molecule has 0 spiro atoms. The molecule has 0 atom stereocenters. The van der Waals surface area contributed by atoms with Crippen molar-refractivity contribution in [3.63, 3.8) is 0 Å². The number of thioether (sulfide) groups is 1. The molecule has 1 rings (SSSR count). The summed E-state index contributed by atoms with van der Waals surface area (Å²) in [6, 6.07) is 0. The van der Waals surface area contributed by atoms with Gasteiger partial charge in [-0.25, -0.2) is 0 Å². The van der Waals surface area contributed by atoms with Crippen LogP contribution >= 0.6 is 24.0 Å². The van der Waals surface area contributed by atoms with Crippen LogP contribution in [0.25, 0.3) is 0 Å². The van der Waals surface area contributed by atoms with Crippen molar-refractivity contribution in [3.05, 3.63) is 0 Å². The SMILES string of the molecule is CN(C)CCCSC(=S)OC1CCCCC1. The smallest absolute Gasteiger partial charge is 0.220 e. The van der Waals surface area contributed by atoms with Crippen molar-refractivity contribution in [1.29, 1.82) is 0 Å². The van der Waals surface area contributed by atoms with Crippen LogP contribution in [0, 0.1) is 0 Å². The Balaban J connectivity index is 2.01. The molecule has 0 aromatic heterocycles. The molecule has 1 saturated carbocycles. The van der Waals surface area contributed by atoms with E-state index in [9.17, 15) is 0 Å². The van der Waals surface area contributed by atoms with Gasteiger partial charge in [-0.15, -0.1) is 0 Å². The predicted molar refractivity (Wildman–Crippen MR) is 76.2 cm³/mol. The molecule has 0 aliphatic heterocycles. The largest absolute Gasteiger partial charge is 0.475 e. The lowest BCUT2D eigenvalue weighted by Gasteiger charge is -2.22. The molecule has 4 heteroatoms. The van der Waals surface area contributed by atoms with Crippen molar-refractivity contribution in [2.75, 3.05) is 26.4 Å². The summed E-state index contributed by atoms with van der Waals surface area (Å²) in [5, 5.41) is 0. The quantitative estimate of drug-likeness (QED) is 0.556. The first-order valence-electron chi connectivity index (χ1n) is 6.16. The van der Waals surface area contributed by atoms with Gasteiger partial charge in [0, 0.05) is 5.75 Å². The molecule has 0 aromatic carbocycles. The van der Waals surface area contributed by atoms with Crippen LogP contribution in [0.4, 0.5) is 0 Å². The van der Waals surface area contributed by atoms with Gasteiger partial charge in [-0.05, 0) is 65.0 Å². The highest BCUT2D eigenvalue weighted by Crippen LogP contribution is 2.22. The van der Waals surface area contributed by atoms with Crippen LogP contribution in [-0.2, 0) is 4.74 Å². The molecule has 1 aliphatic carbocycles. The fraction of sp³-hybridized carbons (Fsp3) is 0.917. The first-order valence-corrected chi connectivity index (χ1v) is 7.56. The van der Waals surface area contributed by atoms with E-state index in [0.29, 0.717) is 6.10 Å². The van der Waals surface area contributed by atoms with E-state index in [-0.39, 0.29) is 0 Å². The second kappa shape index (κ2) is 8.31. The minimum Gasteiger partial charge on any atom is -0.475 e. The Labute approximate surface area is 109 Å². The van der Waals surface area contributed by atoms with E-state index in [0.717, 1.165) is 16.7 Å². The third-order valence-electron chi connectivity index (χ3n) is 2.78. The van der Waals surface area contributed by atoms with Gasteiger partial charge >= 0.3 is 0 Å². The van der Waals surface area contributed by atoms with Crippen LogP contribution in [-0.4, -0.2) is 41.8 Å². The standard InChI is InChI=1S/C12H23NOS2/c1-13(2)9-6-10-16-12(15)14-11-7-4-3-5-8-11/h11H,3-10H2,1-2H3. The number of thiocarbonyl (C=S) groups is 1. The molecule has 0 heterocycles. The van der Waals surface area contributed by atoms with E-state index >= 15 is 0 Å². The zero-order valence-electron chi connectivity index (χ0n) is 10.4. The lowest BCUT2D eigenvalue weighted by Crippen LogP contribution is -2.19. The van der Waals surface area contributed by atoms with Crippen molar-refractivity contribution >= 4 is 28.4 Å². The van der Waals surface area contributed by atoms with Gasteiger partial charge in [0.05, 0.1) is 0 Å². The van der Waals surface area contributed by atoms with Crippen LogP contribution in [0.5, 0.6) is 0 Å². The Kier molecular flexibility index (Phi) is 7.41. The highest BCUT2D eigenvalue weighted by atomic mass is 32.2. The van der Waals surface area contributed by atoms with Gasteiger partial charge < -0.3 is 9.64 Å². The number of rotatable bonds is 5. The third kappa shape index (κ3) is 6.71. The molecular weight excluding hydrogens is 238 g/mol. The van der Waals surface area contributed by atoms with Crippen molar-refractivity contribution < 1.29 is 4.74 Å². The molecule has 0 unspecified atom stereocenters. The summed E-state index contributed by atoms with van der Waals surface area (Å²) in [6.45, 7) is 1.12. The van der Waals surface area contributed by atoms with Gasteiger partial charge in [-0.1, -0.05) is 18.2 Å². The van der Waals surface area contributed by atoms with Gasteiger partial charge in [0.1, 0.15) is 6.10 Å². The molecule has 1 fully saturated rings. The molecule has 0 radical (unpaired) electrons. The van der Waals surface area contributed by atoms with E-state index < -0.39 is 0 Å². The van der Waals surface area contributed by atoms with Gasteiger partial charge in [-0.2, -0.15) is 0 Å². The second-order valence-electron chi connectivity index (χ2n) is 4.63. The second-order valence-corrected chi connectivity index (χ2v) is 6.33. The number of nitrogens with zero attached hydrogens (tertiary/aromatic N) is 1. The highest BCUT2D eigenvalue weighted by Gasteiger charge is 2.15. The minimum atomic E-state index is 0.405. The number of ether oxygens (including phenoxy) is 1. The fourth-order valence-corrected chi connectivity index (χ4v) is 2.92. The Hall–Kier alpha value is 0.200. The summed E-state index contributed by atoms with van der Waals surface area (Å²) in [4.78, 5) is 2.20. The summed E-state index contributed by atoms with van der Waals surface area (Å²) in [5.74, 6) is 1.07. The minimum absolute atomic E-state index is 0.405. The van der Waals surface area contributed by atoms with Crippen LogP contribution < -0.4 is 0 Å². The monoisotopic (exact) mass is 261 g/mol. The van der Waals surface area contributed by atoms with Gasteiger partial charge in [0.2, 0.25) is 4.38 Å². The van der Waals surface area contributed by atoms with Gasteiger partial charge in [0.25, 0.3) is 0 Å². The third-order valence-corrected chi connectivity index (χ3v) is 4.06. The molecule has 1 aliphatic rings. The van der Waals surface area contributed by atoms with E-state index in [1.807, 2.05) is 0 Å².